The van der Waals surface area contributed by atoms with Gasteiger partial charge in [-0.05, 0) is 12.8 Å². The van der Waals surface area contributed by atoms with E-state index in [9.17, 15) is 9.59 Å². The van der Waals surface area contributed by atoms with Gasteiger partial charge in [-0.1, -0.05) is 64.7 Å². The Morgan fingerprint density at radius 2 is 1.35 bits per heavy atom. The maximum absolute atomic E-state index is 11.1. The van der Waals surface area contributed by atoms with Gasteiger partial charge in [0.1, 0.15) is 0 Å². The average molecular weight is 285 g/mol. The van der Waals surface area contributed by atoms with Crippen LogP contribution in [0.2, 0.25) is 0 Å². The molecule has 1 amide bonds. The second-order valence-electron chi connectivity index (χ2n) is 5.47. The van der Waals surface area contributed by atoms with Gasteiger partial charge in [0.25, 0.3) is 5.91 Å². The molecule has 0 bridgehead atoms. The fraction of sp³-hybridized carbons (Fsp3) is 0.875. The molecule has 0 heterocycles. The third-order valence-corrected chi connectivity index (χ3v) is 3.45. The molecule has 0 rings (SSSR count). The first kappa shape index (κ1) is 18.9. The third-order valence-electron chi connectivity index (χ3n) is 3.45. The predicted molar refractivity (Wildman–Crippen MR) is 81.2 cm³/mol. The van der Waals surface area contributed by atoms with Gasteiger partial charge in [0.15, 0.2) is 6.10 Å². The molecule has 1 unspecified atom stereocenters. The van der Waals surface area contributed by atoms with Gasteiger partial charge in [-0.15, -0.1) is 0 Å². The van der Waals surface area contributed by atoms with Crippen molar-refractivity contribution < 1.29 is 14.3 Å². The van der Waals surface area contributed by atoms with Gasteiger partial charge in [-0.3, -0.25) is 9.59 Å². The first-order valence-corrected chi connectivity index (χ1v) is 8.04. The standard InChI is InChI=1S/C16H31NO3/c1-3-4-5-6-7-8-9-10-11-12-13-15(16(17)19)20-14(2)18/h15H,3-13H2,1-2H3,(H2,17,19). The van der Waals surface area contributed by atoms with Crippen LogP contribution in [0.1, 0.15) is 84.5 Å². The number of unbranched alkanes of at least 4 members (excludes halogenated alkanes) is 9. The summed E-state index contributed by atoms with van der Waals surface area (Å²) in [5.74, 6) is -0.989. The maximum atomic E-state index is 11.1. The van der Waals surface area contributed by atoms with Gasteiger partial charge in [-0.2, -0.15) is 0 Å². The molecule has 0 aromatic heterocycles. The second-order valence-corrected chi connectivity index (χ2v) is 5.47. The zero-order valence-electron chi connectivity index (χ0n) is 13.2. The van der Waals surface area contributed by atoms with Crippen molar-refractivity contribution >= 4 is 11.9 Å². The number of esters is 1. The molecule has 0 fully saturated rings. The van der Waals surface area contributed by atoms with E-state index >= 15 is 0 Å². The monoisotopic (exact) mass is 285 g/mol. The van der Waals surface area contributed by atoms with Crippen molar-refractivity contribution in [2.75, 3.05) is 0 Å². The zero-order chi connectivity index (χ0) is 15.2. The number of amides is 1. The van der Waals surface area contributed by atoms with Gasteiger partial charge in [-0.25, -0.2) is 0 Å². The van der Waals surface area contributed by atoms with Gasteiger partial charge in [0, 0.05) is 6.92 Å². The van der Waals surface area contributed by atoms with E-state index in [-0.39, 0.29) is 0 Å². The van der Waals surface area contributed by atoms with Crippen LogP contribution in [0.3, 0.4) is 0 Å². The molecule has 2 N–H and O–H groups in total. The van der Waals surface area contributed by atoms with E-state index in [2.05, 4.69) is 6.92 Å². The van der Waals surface area contributed by atoms with Crippen molar-refractivity contribution in [3.63, 3.8) is 0 Å². The average Bonchev–Trinajstić information content (AvgIpc) is 2.39. The molecule has 20 heavy (non-hydrogen) atoms. The van der Waals surface area contributed by atoms with Gasteiger partial charge < -0.3 is 10.5 Å². The lowest BCUT2D eigenvalue weighted by atomic mass is 10.0. The molecule has 4 nitrogen and oxygen atoms in total. The van der Waals surface area contributed by atoms with Crippen LogP contribution in [-0.4, -0.2) is 18.0 Å². The summed E-state index contributed by atoms with van der Waals surface area (Å²) in [5.41, 5.74) is 5.19. The predicted octanol–water partition coefficient (Wildman–Crippen LogP) is 3.71. The molecule has 0 aliphatic heterocycles. The summed E-state index contributed by atoms with van der Waals surface area (Å²) in [6, 6.07) is 0. The van der Waals surface area contributed by atoms with Crippen LogP contribution in [0.4, 0.5) is 0 Å². The van der Waals surface area contributed by atoms with Crippen molar-refractivity contribution in [2.45, 2.75) is 90.6 Å². The minimum absolute atomic E-state index is 0.444. The van der Waals surface area contributed by atoms with Crippen LogP contribution in [-0.2, 0) is 14.3 Å². The number of carbonyl (C=O) groups excluding carboxylic acids is 2. The van der Waals surface area contributed by atoms with E-state index in [1.807, 2.05) is 0 Å². The van der Waals surface area contributed by atoms with Gasteiger partial charge >= 0.3 is 5.97 Å². The highest BCUT2D eigenvalue weighted by atomic mass is 16.5. The quantitative estimate of drug-likeness (QED) is 0.414. The highest BCUT2D eigenvalue weighted by molar-refractivity contribution is 5.81. The lowest BCUT2D eigenvalue weighted by molar-refractivity contribution is -0.153. The summed E-state index contributed by atoms with van der Waals surface area (Å²) in [4.78, 5) is 21.9. The number of carbonyl (C=O) groups is 2. The third kappa shape index (κ3) is 12.0. The van der Waals surface area contributed by atoms with E-state index in [0.717, 1.165) is 12.8 Å². The summed E-state index contributed by atoms with van der Waals surface area (Å²) < 4.78 is 4.88. The zero-order valence-corrected chi connectivity index (χ0v) is 13.2. The summed E-state index contributed by atoms with van der Waals surface area (Å²) in [6.07, 6.45) is 12.2. The van der Waals surface area contributed by atoms with Gasteiger partial charge in [0.2, 0.25) is 0 Å². The smallest absolute Gasteiger partial charge is 0.303 e. The summed E-state index contributed by atoms with van der Waals surface area (Å²) in [5, 5.41) is 0. The van der Waals surface area contributed by atoms with E-state index in [0.29, 0.717) is 6.42 Å². The molecule has 0 aliphatic rings. The number of primary amides is 1. The Kier molecular flexibility index (Phi) is 12.3. The van der Waals surface area contributed by atoms with Crippen molar-refractivity contribution in [1.29, 1.82) is 0 Å². The Balaban J connectivity index is 3.41. The first-order valence-electron chi connectivity index (χ1n) is 8.04. The number of hydrogen-bond donors (Lipinski definition) is 1. The van der Waals surface area contributed by atoms with Crippen LogP contribution in [0.5, 0.6) is 0 Å². The van der Waals surface area contributed by atoms with Crippen LogP contribution >= 0.6 is 0 Å². The van der Waals surface area contributed by atoms with Crippen molar-refractivity contribution in [2.24, 2.45) is 5.73 Å². The highest BCUT2D eigenvalue weighted by Gasteiger charge is 2.17. The van der Waals surface area contributed by atoms with Crippen LogP contribution in [0.25, 0.3) is 0 Å². The SMILES string of the molecule is CCCCCCCCCCCCC(OC(C)=O)C(N)=O. The molecule has 0 saturated carbocycles. The van der Waals surface area contributed by atoms with E-state index in [4.69, 9.17) is 10.5 Å². The minimum Gasteiger partial charge on any atom is -0.452 e. The topological polar surface area (TPSA) is 69.4 Å². The molecule has 118 valence electrons. The molecule has 1 atom stereocenters. The van der Waals surface area contributed by atoms with Crippen LogP contribution in [0, 0.1) is 0 Å². The number of hydrogen-bond acceptors (Lipinski definition) is 3. The van der Waals surface area contributed by atoms with Crippen molar-refractivity contribution in [3.8, 4) is 0 Å². The molecule has 0 saturated heterocycles. The Labute approximate surface area is 123 Å². The lowest BCUT2D eigenvalue weighted by Crippen LogP contribution is -2.32. The molecular formula is C16H31NO3. The van der Waals surface area contributed by atoms with Crippen LogP contribution in [0.15, 0.2) is 0 Å². The largest absolute Gasteiger partial charge is 0.452 e. The molecule has 0 radical (unpaired) electrons. The summed E-state index contributed by atoms with van der Waals surface area (Å²) in [6.45, 7) is 3.53. The molecule has 0 aromatic carbocycles. The Hall–Kier alpha value is -1.06. The second kappa shape index (κ2) is 12.9. The molecule has 0 spiro atoms. The number of ether oxygens (including phenoxy) is 1. The first-order chi connectivity index (χ1) is 9.57. The van der Waals surface area contributed by atoms with Crippen LogP contribution < -0.4 is 5.73 Å². The van der Waals surface area contributed by atoms with E-state index < -0.39 is 18.0 Å². The van der Waals surface area contributed by atoms with E-state index in [1.165, 1.54) is 58.3 Å². The normalized spacial score (nSPS) is 12.1. The van der Waals surface area contributed by atoms with Crippen molar-refractivity contribution in [3.05, 3.63) is 0 Å². The molecule has 0 aliphatic carbocycles. The fourth-order valence-electron chi connectivity index (χ4n) is 2.28. The molecule has 4 heteroatoms. The fourth-order valence-corrected chi connectivity index (χ4v) is 2.28. The number of rotatable bonds is 13. The highest BCUT2D eigenvalue weighted by Crippen LogP contribution is 2.12. The number of nitrogens with two attached hydrogens (primary N) is 1. The van der Waals surface area contributed by atoms with Crippen molar-refractivity contribution in [1.82, 2.24) is 0 Å². The van der Waals surface area contributed by atoms with Gasteiger partial charge in [0.05, 0.1) is 0 Å². The summed E-state index contributed by atoms with van der Waals surface area (Å²) >= 11 is 0. The lowest BCUT2D eigenvalue weighted by Gasteiger charge is -2.12. The Morgan fingerprint density at radius 1 is 0.900 bits per heavy atom. The maximum Gasteiger partial charge on any atom is 0.303 e. The Morgan fingerprint density at radius 3 is 1.75 bits per heavy atom. The summed E-state index contributed by atoms with van der Waals surface area (Å²) in [7, 11) is 0. The Bertz CT molecular complexity index is 266. The minimum atomic E-state index is -0.749. The molecule has 0 aromatic rings. The molecular weight excluding hydrogens is 254 g/mol. The van der Waals surface area contributed by atoms with E-state index in [1.54, 1.807) is 0 Å².